The average molecular weight is 221 g/mol. The molecule has 1 amide bonds. The Balaban J connectivity index is 2.18. The van der Waals surface area contributed by atoms with Crippen LogP contribution in [0.15, 0.2) is 18.3 Å². The molecule has 2 rings (SSSR count). The molecule has 1 aromatic rings. The molecule has 86 valence electrons. The number of hydrogen-bond donors (Lipinski definition) is 1. The number of hydrogen-bond acceptors (Lipinski definition) is 4. The fourth-order valence-corrected chi connectivity index (χ4v) is 1.76. The van der Waals surface area contributed by atoms with E-state index in [9.17, 15) is 4.79 Å². The maximum atomic E-state index is 11.0. The Labute approximate surface area is 94.2 Å². The van der Waals surface area contributed by atoms with Gasteiger partial charge in [0.15, 0.2) is 0 Å². The Bertz CT molecular complexity index is 373. The summed E-state index contributed by atoms with van der Waals surface area (Å²) >= 11 is 0. The van der Waals surface area contributed by atoms with E-state index < -0.39 is 5.91 Å². The molecule has 1 saturated heterocycles. The summed E-state index contributed by atoms with van der Waals surface area (Å²) in [6, 6.07) is 3.62. The molecule has 5 nitrogen and oxygen atoms in total. The number of nitrogens with two attached hydrogens (primary N) is 1. The van der Waals surface area contributed by atoms with Crippen LogP contribution in [0.2, 0.25) is 0 Å². The van der Waals surface area contributed by atoms with Crippen LogP contribution in [-0.2, 0) is 4.74 Å². The molecule has 16 heavy (non-hydrogen) atoms. The molecule has 1 aliphatic rings. The molecule has 0 radical (unpaired) electrons. The van der Waals surface area contributed by atoms with Crippen molar-refractivity contribution in [2.75, 3.05) is 31.2 Å². The SMILES string of the molecule is NC(=O)c1cc(N2CCCOCC2)ccn1. The highest BCUT2D eigenvalue weighted by molar-refractivity contribution is 5.91. The lowest BCUT2D eigenvalue weighted by molar-refractivity contribution is 0.0995. The van der Waals surface area contributed by atoms with Crippen LogP contribution in [0.3, 0.4) is 0 Å². The van der Waals surface area contributed by atoms with Crippen LogP contribution in [0.4, 0.5) is 5.69 Å². The summed E-state index contributed by atoms with van der Waals surface area (Å²) in [6.07, 6.45) is 2.61. The maximum Gasteiger partial charge on any atom is 0.267 e. The van der Waals surface area contributed by atoms with Crippen molar-refractivity contribution >= 4 is 11.6 Å². The zero-order chi connectivity index (χ0) is 11.4. The highest BCUT2D eigenvalue weighted by Gasteiger charge is 2.11. The number of rotatable bonds is 2. The van der Waals surface area contributed by atoms with E-state index in [2.05, 4.69) is 9.88 Å². The maximum absolute atomic E-state index is 11.0. The quantitative estimate of drug-likeness (QED) is 0.785. The summed E-state index contributed by atoms with van der Waals surface area (Å²) in [5.74, 6) is -0.493. The third-order valence-electron chi connectivity index (χ3n) is 2.58. The lowest BCUT2D eigenvalue weighted by Gasteiger charge is -2.21. The van der Waals surface area contributed by atoms with Gasteiger partial charge < -0.3 is 15.4 Å². The standard InChI is InChI=1S/C11H15N3O2/c12-11(15)10-8-9(2-3-13-10)14-4-1-6-16-7-5-14/h2-3,8H,1,4-7H2,(H2,12,15). The van der Waals surface area contributed by atoms with Gasteiger partial charge in [-0.2, -0.15) is 0 Å². The van der Waals surface area contributed by atoms with Crippen LogP contribution < -0.4 is 10.6 Å². The monoisotopic (exact) mass is 221 g/mol. The average Bonchev–Trinajstić information content (AvgIpc) is 2.57. The van der Waals surface area contributed by atoms with Gasteiger partial charge >= 0.3 is 0 Å². The van der Waals surface area contributed by atoms with E-state index in [4.69, 9.17) is 10.5 Å². The number of carbonyl (C=O) groups excluding carboxylic acids is 1. The van der Waals surface area contributed by atoms with E-state index in [0.29, 0.717) is 12.3 Å². The highest BCUT2D eigenvalue weighted by atomic mass is 16.5. The Morgan fingerprint density at radius 3 is 3.12 bits per heavy atom. The summed E-state index contributed by atoms with van der Waals surface area (Å²) in [4.78, 5) is 17.1. The van der Waals surface area contributed by atoms with Gasteiger partial charge in [0.05, 0.1) is 6.61 Å². The Hall–Kier alpha value is -1.62. The van der Waals surface area contributed by atoms with Crippen molar-refractivity contribution in [2.24, 2.45) is 5.73 Å². The topological polar surface area (TPSA) is 68.5 Å². The third-order valence-corrected chi connectivity index (χ3v) is 2.58. The number of amides is 1. The number of anilines is 1. The van der Waals surface area contributed by atoms with E-state index in [0.717, 1.165) is 31.8 Å². The minimum Gasteiger partial charge on any atom is -0.380 e. The zero-order valence-corrected chi connectivity index (χ0v) is 9.06. The van der Waals surface area contributed by atoms with Crippen molar-refractivity contribution in [3.05, 3.63) is 24.0 Å². The molecule has 0 unspecified atom stereocenters. The first-order valence-corrected chi connectivity index (χ1v) is 5.36. The zero-order valence-electron chi connectivity index (χ0n) is 9.06. The van der Waals surface area contributed by atoms with E-state index in [1.807, 2.05) is 6.07 Å². The molecule has 0 spiro atoms. The number of carbonyl (C=O) groups is 1. The molecule has 0 bridgehead atoms. The highest BCUT2D eigenvalue weighted by Crippen LogP contribution is 2.16. The molecule has 0 saturated carbocycles. The molecular formula is C11H15N3O2. The van der Waals surface area contributed by atoms with Crippen molar-refractivity contribution in [3.63, 3.8) is 0 Å². The number of ether oxygens (including phenoxy) is 1. The first-order chi connectivity index (χ1) is 7.77. The molecule has 0 atom stereocenters. The Morgan fingerprint density at radius 1 is 1.44 bits per heavy atom. The predicted molar refractivity (Wildman–Crippen MR) is 60.4 cm³/mol. The summed E-state index contributed by atoms with van der Waals surface area (Å²) in [7, 11) is 0. The molecular weight excluding hydrogens is 206 g/mol. The molecule has 0 aliphatic carbocycles. The second kappa shape index (κ2) is 4.94. The molecule has 2 N–H and O–H groups in total. The summed E-state index contributed by atoms with van der Waals surface area (Å²) < 4.78 is 5.37. The number of primary amides is 1. The van der Waals surface area contributed by atoms with Crippen molar-refractivity contribution in [3.8, 4) is 0 Å². The lowest BCUT2D eigenvalue weighted by atomic mass is 10.2. The minimum atomic E-state index is -0.493. The third kappa shape index (κ3) is 2.49. The number of pyridine rings is 1. The van der Waals surface area contributed by atoms with Crippen LogP contribution in [0.5, 0.6) is 0 Å². The lowest BCUT2D eigenvalue weighted by Crippen LogP contribution is -2.26. The molecule has 1 fully saturated rings. The van der Waals surface area contributed by atoms with Gasteiger partial charge in [0.2, 0.25) is 0 Å². The van der Waals surface area contributed by atoms with Gasteiger partial charge in [0.25, 0.3) is 5.91 Å². The number of aromatic nitrogens is 1. The molecule has 0 aromatic carbocycles. The van der Waals surface area contributed by atoms with Crippen LogP contribution in [0, 0.1) is 0 Å². The number of nitrogens with zero attached hydrogens (tertiary/aromatic N) is 2. The fourth-order valence-electron chi connectivity index (χ4n) is 1.76. The van der Waals surface area contributed by atoms with E-state index in [1.165, 1.54) is 0 Å². The summed E-state index contributed by atoms with van der Waals surface area (Å²) in [5, 5.41) is 0. The first-order valence-electron chi connectivity index (χ1n) is 5.36. The van der Waals surface area contributed by atoms with E-state index in [-0.39, 0.29) is 0 Å². The first kappa shape index (κ1) is 10.9. The predicted octanol–water partition coefficient (Wildman–Crippen LogP) is 0.407. The van der Waals surface area contributed by atoms with Gasteiger partial charge in [-0.25, -0.2) is 0 Å². The van der Waals surface area contributed by atoms with Crippen LogP contribution in [0.25, 0.3) is 0 Å². The van der Waals surface area contributed by atoms with Crippen molar-refractivity contribution < 1.29 is 9.53 Å². The van der Waals surface area contributed by atoms with Gasteiger partial charge in [0.1, 0.15) is 5.69 Å². The fraction of sp³-hybridized carbons (Fsp3) is 0.455. The summed E-state index contributed by atoms with van der Waals surface area (Å²) in [6.45, 7) is 3.28. The van der Waals surface area contributed by atoms with E-state index >= 15 is 0 Å². The van der Waals surface area contributed by atoms with Crippen molar-refractivity contribution in [1.29, 1.82) is 0 Å². The van der Waals surface area contributed by atoms with Crippen LogP contribution in [0.1, 0.15) is 16.9 Å². The minimum absolute atomic E-state index is 0.308. The van der Waals surface area contributed by atoms with Gasteiger partial charge in [-0.3, -0.25) is 9.78 Å². The molecule has 2 heterocycles. The summed E-state index contributed by atoms with van der Waals surface area (Å²) in [5.41, 5.74) is 6.49. The van der Waals surface area contributed by atoms with Crippen molar-refractivity contribution in [2.45, 2.75) is 6.42 Å². The van der Waals surface area contributed by atoms with Gasteiger partial charge in [-0.05, 0) is 18.6 Å². The van der Waals surface area contributed by atoms with Gasteiger partial charge in [-0.15, -0.1) is 0 Å². The normalized spacial score (nSPS) is 16.9. The van der Waals surface area contributed by atoms with Gasteiger partial charge in [-0.1, -0.05) is 0 Å². The Kier molecular flexibility index (Phi) is 3.36. The second-order valence-corrected chi connectivity index (χ2v) is 3.72. The van der Waals surface area contributed by atoms with E-state index in [1.54, 1.807) is 12.3 Å². The Morgan fingerprint density at radius 2 is 2.31 bits per heavy atom. The largest absolute Gasteiger partial charge is 0.380 e. The van der Waals surface area contributed by atoms with Crippen LogP contribution in [-0.4, -0.2) is 37.2 Å². The second-order valence-electron chi connectivity index (χ2n) is 3.72. The molecule has 5 heteroatoms. The smallest absolute Gasteiger partial charge is 0.267 e. The van der Waals surface area contributed by atoms with Crippen molar-refractivity contribution in [1.82, 2.24) is 4.98 Å². The van der Waals surface area contributed by atoms with Gasteiger partial charge in [0, 0.05) is 31.6 Å². The molecule has 1 aromatic heterocycles. The van der Waals surface area contributed by atoms with Crippen LogP contribution >= 0.6 is 0 Å². The molecule has 1 aliphatic heterocycles.